The van der Waals surface area contributed by atoms with E-state index in [0.717, 1.165) is 9.87 Å². The Morgan fingerprint density at radius 2 is 1.58 bits per heavy atom. The molecule has 0 aliphatic carbocycles. The molecule has 0 bridgehead atoms. The number of carbonyl (C=O) groups is 2. The van der Waals surface area contributed by atoms with Crippen molar-refractivity contribution in [3.63, 3.8) is 0 Å². The van der Waals surface area contributed by atoms with E-state index >= 15 is 0 Å². The third-order valence-electron chi connectivity index (χ3n) is 6.72. The van der Waals surface area contributed by atoms with Crippen molar-refractivity contribution < 1.29 is 27.5 Å². The lowest BCUT2D eigenvalue weighted by atomic mass is 10.1. The lowest BCUT2D eigenvalue weighted by Gasteiger charge is -2.34. The quantitative estimate of drug-likeness (QED) is 0.249. The molecule has 0 aliphatic heterocycles. The second-order valence-corrected chi connectivity index (χ2v) is 12.9. The zero-order chi connectivity index (χ0) is 31.9. The number of ether oxygens (including phenoxy) is 2. The van der Waals surface area contributed by atoms with E-state index in [1.54, 1.807) is 43.3 Å². The third kappa shape index (κ3) is 8.34. The van der Waals surface area contributed by atoms with Crippen molar-refractivity contribution in [3.8, 4) is 11.5 Å². The number of methoxy groups -OCH3 is 2. The summed E-state index contributed by atoms with van der Waals surface area (Å²) in [7, 11) is -1.36. The Morgan fingerprint density at radius 3 is 2.14 bits per heavy atom. The van der Waals surface area contributed by atoms with Gasteiger partial charge in [0.1, 0.15) is 12.6 Å². The number of carbonyl (C=O) groups excluding carboxylic acids is 2. The van der Waals surface area contributed by atoms with Crippen LogP contribution < -0.4 is 19.1 Å². The van der Waals surface area contributed by atoms with Crippen molar-refractivity contribution in [3.05, 3.63) is 81.8 Å². The molecule has 0 radical (unpaired) electrons. The van der Waals surface area contributed by atoms with Gasteiger partial charge in [0.05, 0.1) is 24.8 Å². The van der Waals surface area contributed by atoms with Crippen LogP contribution in [-0.2, 0) is 26.2 Å². The van der Waals surface area contributed by atoms with Gasteiger partial charge in [0, 0.05) is 28.7 Å². The van der Waals surface area contributed by atoms with Crippen molar-refractivity contribution in [2.24, 2.45) is 0 Å². The number of aryl methyl sites for hydroxylation is 1. The molecule has 2 amide bonds. The molecule has 1 atom stereocenters. The van der Waals surface area contributed by atoms with Crippen molar-refractivity contribution in [1.82, 2.24) is 10.2 Å². The van der Waals surface area contributed by atoms with E-state index in [9.17, 15) is 18.0 Å². The van der Waals surface area contributed by atoms with Crippen molar-refractivity contribution in [2.45, 2.75) is 57.6 Å². The summed E-state index contributed by atoms with van der Waals surface area (Å²) in [6, 6.07) is 14.7. The molecule has 232 valence electrons. The Kier molecular flexibility index (Phi) is 11.7. The van der Waals surface area contributed by atoms with Crippen molar-refractivity contribution >= 4 is 50.7 Å². The highest BCUT2D eigenvalue weighted by Gasteiger charge is 2.34. The van der Waals surface area contributed by atoms with Crippen LogP contribution in [0.3, 0.4) is 0 Å². The zero-order valence-electron chi connectivity index (χ0n) is 25.1. The Hall–Kier alpha value is -3.47. The molecule has 3 aromatic carbocycles. The molecule has 0 fully saturated rings. The second kappa shape index (κ2) is 14.8. The Labute approximate surface area is 263 Å². The molecule has 3 rings (SSSR count). The first-order valence-corrected chi connectivity index (χ1v) is 15.9. The van der Waals surface area contributed by atoms with E-state index in [1.165, 1.54) is 43.4 Å². The van der Waals surface area contributed by atoms with Gasteiger partial charge < -0.3 is 19.7 Å². The number of nitrogens with one attached hydrogen (secondary N) is 1. The first-order chi connectivity index (χ1) is 20.3. The summed E-state index contributed by atoms with van der Waals surface area (Å²) >= 11 is 12.6. The van der Waals surface area contributed by atoms with Crippen LogP contribution in [0.2, 0.25) is 10.0 Å². The van der Waals surface area contributed by atoms with E-state index in [0.29, 0.717) is 21.4 Å². The van der Waals surface area contributed by atoms with Crippen LogP contribution in [0.15, 0.2) is 65.6 Å². The van der Waals surface area contributed by atoms with Crippen LogP contribution in [0.4, 0.5) is 5.69 Å². The standard InChI is InChI=1S/C31H37Cl2N3O6S/c1-7-27(31(38)34-20(2)3)35(18-22-10-11-23(32)16-26(22)33)30(37)19-36(24-12-15-28(41-5)29(17-24)42-6)43(39,40)25-13-8-21(4)9-14-25/h8-17,20,27H,7,18-19H2,1-6H3,(H,34,38). The third-order valence-corrected chi connectivity index (χ3v) is 9.09. The van der Waals surface area contributed by atoms with E-state index < -0.39 is 28.5 Å². The average molecular weight is 651 g/mol. The normalized spacial score (nSPS) is 12.0. The lowest BCUT2D eigenvalue weighted by molar-refractivity contribution is -0.140. The summed E-state index contributed by atoms with van der Waals surface area (Å²) in [4.78, 5) is 28.9. The maximum atomic E-state index is 14.2. The molecule has 43 heavy (non-hydrogen) atoms. The number of halogens is 2. The molecule has 0 heterocycles. The van der Waals surface area contributed by atoms with Crippen LogP contribution in [0.1, 0.15) is 38.3 Å². The number of amides is 2. The van der Waals surface area contributed by atoms with Gasteiger partial charge in [0.15, 0.2) is 11.5 Å². The largest absolute Gasteiger partial charge is 0.493 e. The molecule has 0 aromatic heterocycles. The van der Waals surface area contributed by atoms with Crippen LogP contribution in [-0.4, -0.2) is 58.0 Å². The molecular formula is C31H37Cl2N3O6S. The monoisotopic (exact) mass is 649 g/mol. The van der Waals surface area contributed by atoms with Crippen LogP contribution in [0.25, 0.3) is 0 Å². The molecule has 1 unspecified atom stereocenters. The van der Waals surface area contributed by atoms with Gasteiger partial charge in [-0.25, -0.2) is 8.42 Å². The molecule has 0 spiro atoms. The highest BCUT2D eigenvalue weighted by Crippen LogP contribution is 2.34. The minimum atomic E-state index is -4.26. The summed E-state index contributed by atoms with van der Waals surface area (Å²) in [5, 5.41) is 3.59. The van der Waals surface area contributed by atoms with Gasteiger partial charge in [-0.15, -0.1) is 0 Å². The Morgan fingerprint density at radius 1 is 0.930 bits per heavy atom. The summed E-state index contributed by atoms with van der Waals surface area (Å²) < 4.78 is 39.9. The van der Waals surface area contributed by atoms with Gasteiger partial charge in [-0.2, -0.15) is 0 Å². The zero-order valence-corrected chi connectivity index (χ0v) is 27.4. The Bertz CT molecular complexity index is 1550. The SMILES string of the molecule is CCC(C(=O)NC(C)C)N(Cc1ccc(Cl)cc1Cl)C(=O)CN(c1ccc(OC)c(OC)c1)S(=O)(=O)c1ccc(C)cc1. The number of hydrogen-bond donors (Lipinski definition) is 1. The summed E-state index contributed by atoms with van der Waals surface area (Å²) in [5.41, 5.74) is 1.60. The molecule has 0 saturated heterocycles. The fourth-order valence-electron chi connectivity index (χ4n) is 4.48. The predicted octanol–water partition coefficient (Wildman–Crippen LogP) is 5.85. The molecule has 0 aliphatic rings. The number of hydrogen-bond acceptors (Lipinski definition) is 6. The van der Waals surface area contributed by atoms with Gasteiger partial charge in [0.25, 0.3) is 10.0 Å². The minimum absolute atomic E-state index is 0.00225. The Balaban J connectivity index is 2.14. The average Bonchev–Trinajstić information content (AvgIpc) is 2.96. The first kappa shape index (κ1) is 34.0. The molecular weight excluding hydrogens is 613 g/mol. The topological polar surface area (TPSA) is 105 Å². The first-order valence-electron chi connectivity index (χ1n) is 13.7. The maximum absolute atomic E-state index is 14.2. The number of rotatable bonds is 13. The second-order valence-electron chi connectivity index (χ2n) is 10.2. The van der Waals surface area contributed by atoms with Crippen LogP contribution >= 0.6 is 23.2 Å². The summed E-state index contributed by atoms with van der Waals surface area (Å²) in [6.45, 7) is 6.60. The fraction of sp³-hybridized carbons (Fsp3) is 0.355. The number of sulfonamides is 1. The summed E-state index contributed by atoms with van der Waals surface area (Å²) in [5.74, 6) is -0.304. The minimum Gasteiger partial charge on any atom is -0.493 e. The van der Waals surface area contributed by atoms with Crippen molar-refractivity contribution in [1.29, 1.82) is 0 Å². The van der Waals surface area contributed by atoms with Gasteiger partial charge in [-0.1, -0.05) is 53.9 Å². The van der Waals surface area contributed by atoms with E-state index in [4.69, 9.17) is 32.7 Å². The van der Waals surface area contributed by atoms with E-state index in [-0.39, 0.29) is 41.2 Å². The highest BCUT2D eigenvalue weighted by atomic mass is 35.5. The molecule has 9 nitrogen and oxygen atoms in total. The number of nitrogens with zero attached hydrogens (tertiary/aromatic N) is 2. The van der Waals surface area contributed by atoms with Crippen molar-refractivity contribution in [2.75, 3.05) is 25.1 Å². The predicted molar refractivity (Wildman–Crippen MR) is 170 cm³/mol. The van der Waals surface area contributed by atoms with E-state index in [2.05, 4.69) is 5.32 Å². The maximum Gasteiger partial charge on any atom is 0.264 e. The lowest BCUT2D eigenvalue weighted by Crippen LogP contribution is -2.53. The van der Waals surface area contributed by atoms with Gasteiger partial charge in [0.2, 0.25) is 11.8 Å². The number of benzene rings is 3. The fourth-order valence-corrected chi connectivity index (χ4v) is 6.35. The molecule has 1 N–H and O–H groups in total. The highest BCUT2D eigenvalue weighted by molar-refractivity contribution is 7.92. The number of anilines is 1. The van der Waals surface area contributed by atoms with Gasteiger partial charge >= 0.3 is 0 Å². The molecule has 0 saturated carbocycles. The summed E-state index contributed by atoms with van der Waals surface area (Å²) in [6.07, 6.45) is 0.274. The van der Waals surface area contributed by atoms with Crippen LogP contribution in [0, 0.1) is 6.92 Å². The molecule has 12 heteroatoms. The smallest absolute Gasteiger partial charge is 0.264 e. The molecule has 3 aromatic rings. The van der Waals surface area contributed by atoms with Gasteiger partial charge in [-0.3, -0.25) is 13.9 Å². The van der Waals surface area contributed by atoms with E-state index in [1.807, 2.05) is 20.8 Å². The van der Waals surface area contributed by atoms with Crippen LogP contribution in [0.5, 0.6) is 11.5 Å². The van der Waals surface area contributed by atoms with Gasteiger partial charge in [-0.05, 0) is 69.2 Å².